The lowest BCUT2D eigenvalue weighted by molar-refractivity contribution is -0.384. The van der Waals surface area contributed by atoms with E-state index in [1.807, 2.05) is 0 Å². The molecule has 0 aliphatic heterocycles. The second-order valence-electron chi connectivity index (χ2n) is 4.72. The van der Waals surface area contributed by atoms with E-state index in [2.05, 4.69) is 5.32 Å². The molecule has 1 aromatic rings. The van der Waals surface area contributed by atoms with Crippen LogP contribution in [0.2, 0.25) is 0 Å². The third kappa shape index (κ3) is 5.60. The third-order valence-electron chi connectivity index (χ3n) is 3.09. The van der Waals surface area contributed by atoms with Crippen molar-refractivity contribution in [3.63, 3.8) is 0 Å². The smallest absolute Gasteiger partial charge is 0.303 e. The summed E-state index contributed by atoms with van der Waals surface area (Å²) in [4.78, 5) is 32.5. The van der Waals surface area contributed by atoms with Gasteiger partial charge in [0.25, 0.3) is 5.69 Å². The zero-order valence-corrected chi connectivity index (χ0v) is 11.7. The van der Waals surface area contributed by atoms with E-state index in [9.17, 15) is 19.7 Å². The molecule has 0 aliphatic rings. The van der Waals surface area contributed by atoms with Crippen molar-refractivity contribution in [2.45, 2.75) is 32.1 Å². The van der Waals surface area contributed by atoms with Crippen LogP contribution in [0, 0.1) is 10.1 Å². The predicted molar refractivity (Wildman–Crippen MR) is 76.0 cm³/mol. The number of carbonyl (C=O) groups excluding carboxylic acids is 1. The normalized spacial score (nSPS) is 11.7. The van der Waals surface area contributed by atoms with Gasteiger partial charge in [-0.1, -0.05) is 12.1 Å². The van der Waals surface area contributed by atoms with Gasteiger partial charge in [-0.3, -0.25) is 19.7 Å². The number of hydrogen-bond donors (Lipinski definition) is 2. The largest absolute Gasteiger partial charge is 0.481 e. The molecule has 7 nitrogen and oxygen atoms in total. The molecule has 114 valence electrons. The van der Waals surface area contributed by atoms with Crippen molar-refractivity contribution in [1.29, 1.82) is 0 Å². The van der Waals surface area contributed by atoms with Crippen LogP contribution >= 0.6 is 0 Å². The van der Waals surface area contributed by atoms with E-state index in [1.54, 1.807) is 19.1 Å². The molecule has 1 atom stereocenters. The fourth-order valence-electron chi connectivity index (χ4n) is 1.82. The van der Waals surface area contributed by atoms with E-state index in [4.69, 9.17) is 5.11 Å². The number of rotatable bonds is 8. The van der Waals surface area contributed by atoms with E-state index in [-0.39, 0.29) is 18.0 Å². The molecule has 7 heteroatoms. The van der Waals surface area contributed by atoms with Crippen LogP contribution in [0.15, 0.2) is 24.3 Å². The van der Waals surface area contributed by atoms with Crippen LogP contribution in [0.5, 0.6) is 0 Å². The number of aliphatic carboxylic acids is 1. The highest BCUT2D eigenvalue weighted by atomic mass is 16.6. The molecule has 0 spiro atoms. The molecule has 0 aliphatic carbocycles. The van der Waals surface area contributed by atoms with E-state index in [0.29, 0.717) is 24.9 Å². The van der Waals surface area contributed by atoms with Crippen LogP contribution in [-0.4, -0.2) is 28.5 Å². The molecule has 21 heavy (non-hydrogen) atoms. The summed E-state index contributed by atoms with van der Waals surface area (Å²) in [5.74, 6) is -1.58. The number of carboxylic acids is 1. The fourth-order valence-corrected chi connectivity index (χ4v) is 1.82. The molecule has 0 fully saturated rings. The van der Waals surface area contributed by atoms with Gasteiger partial charge < -0.3 is 10.4 Å². The second kappa shape index (κ2) is 7.98. The Bertz CT molecular complexity index is 530. The quantitative estimate of drug-likeness (QED) is 0.433. The number of non-ortho nitro benzene ring substituents is 1. The number of benzene rings is 1. The molecular weight excluding hydrogens is 276 g/mol. The van der Waals surface area contributed by atoms with Gasteiger partial charge in [-0.2, -0.15) is 0 Å². The Morgan fingerprint density at radius 3 is 2.71 bits per heavy atom. The summed E-state index contributed by atoms with van der Waals surface area (Å²) >= 11 is 0. The van der Waals surface area contributed by atoms with Crippen molar-refractivity contribution >= 4 is 17.6 Å². The van der Waals surface area contributed by atoms with Gasteiger partial charge in [0.1, 0.15) is 0 Å². The van der Waals surface area contributed by atoms with Gasteiger partial charge in [0.15, 0.2) is 0 Å². The van der Waals surface area contributed by atoms with Crippen LogP contribution in [0.4, 0.5) is 5.69 Å². The van der Waals surface area contributed by atoms with Crippen molar-refractivity contribution in [1.82, 2.24) is 5.32 Å². The molecular formula is C14H18N2O5. The number of carbonyl (C=O) groups is 2. The number of nitrogens with one attached hydrogen (secondary N) is 1. The van der Waals surface area contributed by atoms with Gasteiger partial charge in [-0.15, -0.1) is 0 Å². The summed E-state index contributed by atoms with van der Waals surface area (Å²) in [7, 11) is 0. The van der Waals surface area contributed by atoms with E-state index in [0.717, 1.165) is 0 Å². The Morgan fingerprint density at radius 1 is 1.38 bits per heavy atom. The van der Waals surface area contributed by atoms with Crippen molar-refractivity contribution in [3.8, 4) is 0 Å². The minimum atomic E-state index is -0.855. The molecule has 1 amide bonds. The summed E-state index contributed by atoms with van der Waals surface area (Å²) in [6.45, 7) is 2.07. The molecule has 0 aromatic heterocycles. The summed E-state index contributed by atoms with van der Waals surface area (Å²) < 4.78 is 0. The first kappa shape index (κ1) is 16.6. The molecule has 1 aromatic carbocycles. The molecule has 1 rings (SSSR count). The van der Waals surface area contributed by atoms with Crippen molar-refractivity contribution in [3.05, 3.63) is 39.9 Å². The lowest BCUT2D eigenvalue weighted by Gasteiger charge is -2.12. The van der Waals surface area contributed by atoms with Crippen LogP contribution < -0.4 is 5.32 Å². The number of amides is 1. The molecule has 1 unspecified atom stereocenters. The summed E-state index contributed by atoms with van der Waals surface area (Å²) in [5, 5.41) is 21.9. The first-order chi connectivity index (χ1) is 9.91. The Kier molecular flexibility index (Phi) is 6.32. The molecule has 0 bridgehead atoms. The summed E-state index contributed by atoms with van der Waals surface area (Å²) in [6, 6.07) is 5.97. The van der Waals surface area contributed by atoms with Crippen LogP contribution in [0.3, 0.4) is 0 Å². The number of unbranched alkanes of at least 4 members (excludes halogenated alkanes) is 1. The maximum absolute atomic E-state index is 11.9. The highest BCUT2D eigenvalue weighted by Gasteiger charge is 2.17. The molecule has 2 N–H and O–H groups in total. The monoisotopic (exact) mass is 294 g/mol. The molecule has 0 saturated carbocycles. The van der Waals surface area contributed by atoms with E-state index >= 15 is 0 Å². The Balaban J connectivity index is 2.48. The zero-order valence-electron chi connectivity index (χ0n) is 11.7. The minimum Gasteiger partial charge on any atom is -0.481 e. The SMILES string of the molecule is CC(C(=O)NCCCCC(=O)O)c1cccc([N+](=O)[O-])c1. The number of carboxylic acid groups (broad SMARTS) is 1. The minimum absolute atomic E-state index is 0.0476. The highest BCUT2D eigenvalue weighted by molar-refractivity contribution is 5.83. The standard InChI is InChI=1S/C14H18N2O5/c1-10(11-5-4-6-12(9-11)16(20)21)14(19)15-8-3-2-7-13(17)18/h4-6,9-10H,2-3,7-8H2,1H3,(H,15,19)(H,17,18). The first-order valence-electron chi connectivity index (χ1n) is 6.65. The maximum Gasteiger partial charge on any atom is 0.303 e. The van der Waals surface area contributed by atoms with Gasteiger partial charge in [0.2, 0.25) is 5.91 Å². The third-order valence-corrected chi connectivity index (χ3v) is 3.09. The summed E-state index contributed by atoms with van der Waals surface area (Å²) in [5.41, 5.74) is 0.529. The van der Waals surface area contributed by atoms with Gasteiger partial charge in [0, 0.05) is 25.1 Å². The maximum atomic E-state index is 11.9. The Labute approximate surface area is 122 Å². The fraction of sp³-hybridized carbons (Fsp3) is 0.429. The second-order valence-corrected chi connectivity index (χ2v) is 4.72. The van der Waals surface area contributed by atoms with Gasteiger partial charge in [-0.05, 0) is 25.3 Å². The van der Waals surface area contributed by atoms with Crippen molar-refractivity contribution < 1.29 is 19.6 Å². The zero-order chi connectivity index (χ0) is 15.8. The van der Waals surface area contributed by atoms with Gasteiger partial charge in [0.05, 0.1) is 10.8 Å². The van der Waals surface area contributed by atoms with Crippen molar-refractivity contribution in [2.75, 3.05) is 6.54 Å². The lowest BCUT2D eigenvalue weighted by Crippen LogP contribution is -2.29. The van der Waals surface area contributed by atoms with Crippen LogP contribution in [-0.2, 0) is 9.59 Å². The number of nitrogens with zero attached hydrogens (tertiary/aromatic N) is 1. The number of hydrogen-bond acceptors (Lipinski definition) is 4. The average molecular weight is 294 g/mol. The summed E-state index contributed by atoms with van der Waals surface area (Å²) in [6.07, 6.45) is 1.16. The predicted octanol–water partition coefficient (Wildman–Crippen LogP) is 2.07. The number of nitro groups is 1. The Hall–Kier alpha value is -2.44. The van der Waals surface area contributed by atoms with E-state index < -0.39 is 16.8 Å². The van der Waals surface area contributed by atoms with Crippen LogP contribution in [0.1, 0.15) is 37.7 Å². The number of nitro benzene ring substituents is 1. The van der Waals surface area contributed by atoms with Crippen molar-refractivity contribution in [2.24, 2.45) is 0 Å². The Morgan fingerprint density at radius 2 is 2.10 bits per heavy atom. The highest BCUT2D eigenvalue weighted by Crippen LogP contribution is 2.20. The molecule has 0 heterocycles. The molecule has 0 radical (unpaired) electrons. The topological polar surface area (TPSA) is 110 Å². The average Bonchev–Trinajstić information content (AvgIpc) is 2.45. The van der Waals surface area contributed by atoms with Crippen LogP contribution in [0.25, 0.3) is 0 Å². The first-order valence-corrected chi connectivity index (χ1v) is 6.65. The van der Waals surface area contributed by atoms with E-state index in [1.165, 1.54) is 12.1 Å². The van der Waals surface area contributed by atoms with Gasteiger partial charge >= 0.3 is 5.97 Å². The van der Waals surface area contributed by atoms with Gasteiger partial charge in [-0.25, -0.2) is 0 Å². The molecule has 0 saturated heterocycles. The lowest BCUT2D eigenvalue weighted by atomic mass is 10.00.